The number of ether oxygens (including phenoxy) is 1. The standard InChI is InChI=1S/C26H30ClFN4O6/c1-15-3-4-18-11-21(15)38-10-8-29-22(34)14-32(23(35)12-17-5-6-19(28)13-20(17)27)9-7-30-26(37)24(16(2)33)31-25(18)36/h3-6,11,13,16,24,33H,7-10,12,14H2,1-2H3,(H,29,34)(H,30,37)(H,31,36)/t16-,24+/m1/s1. The van der Waals surface area contributed by atoms with Crippen LogP contribution >= 0.6 is 11.6 Å². The van der Waals surface area contributed by atoms with Gasteiger partial charge in [-0.05, 0) is 49.2 Å². The maximum absolute atomic E-state index is 13.4. The number of carbonyl (C=O) groups is 4. The normalized spacial score (nSPS) is 18.4. The number of halogens is 2. The molecule has 0 fully saturated rings. The fourth-order valence-corrected chi connectivity index (χ4v) is 4.00. The van der Waals surface area contributed by atoms with Crippen molar-refractivity contribution in [3.05, 3.63) is 63.9 Å². The number of hydrogen-bond donors (Lipinski definition) is 4. The number of aliphatic hydroxyl groups excluding tert-OH is 1. The molecule has 4 N–H and O–H groups in total. The fraction of sp³-hybridized carbons (Fsp3) is 0.385. The van der Waals surface area contributed by atoms with Crippen molar-refractivity contribution < 1.29 is 33.4 Å². The Bertz CT molecular complexity index is 1210. The smallest absolute Gasteiger partial charge is 0.252 e. The Hall–Kier alpha value is -3.70. The highest BCUT2D eigenvalue weighted by Gasteiger charge is 2.27. The average molecular weight is 549 g/mol. The molecule has 204 valence electrons. The van der Waals surface area contributed by atoms with E-state index < -0.39 is 41.6 Å². The van der Waals surface area contributed by atoms with Gasteiger partial charge in [0.2, 0.25) is 17.7 Å². The predicted octanol–water partition coefficient (Wildman–Crippen LogP) is 0.963. The Kier molecular flexibility index (Phi) is 10.0. The first-order valence-corrected chi connectivity index (χ1v) is 12.4. The Morgan fingerprint density at radius 3 is 2.66 bits per heavy atom. The minimum Gasteiger partial charge on any atom is -0.491 e. The van der Waals surface area contributed by atoms with Crippen LogP contribution in [0.25, 0.3) is 0 Å². The van der Waals surface area contributed by atoms with Gasteiger partial charge in [-0.3, -0.25) is 19.2 Å². The summed E-state index contributed by atoms with van der Waals surface area (Å²) < 4.78 is 19.1. The minimum atomic E-state index is -1.27. The van der Waals surface area contributed by atoms with Crippen LogP contribution in [-0.2, 0) is 20.8 Å². The van der Waals surface area contributed by atoms with Crippen LogP contribution in [0.1, 0.15) is 28.4 Å². The molecular formula is C26H30ClFN4O6. The highest BCUT2D eigenvalue weighted by atomic mass is 35.5. The Labute approximate surface area is 224 Å². The van der Waals surface area contributed by atoms with Crippen molar-refractivity contribution in [2.45, 2.75) is 32.4 Å². The lowest BCUT2D eigenvalue weighted by Crippen LogP contribution is -2.53. The lowest BCUT2D eigenvalue weighted by atomic mass is 10.1. The summed E-state index contributed by atoms with van der Waals surface area (Å²) in [6.45, 7) is 2.98. The van der Waals surface area contributed by atoms with E-state index in [1.165, 1.54) is 30.0 Å². The van der Waals surface area contributed by atoms with E-state index in [-0.39, 0.29) is 49.8 Å². The molecular weight excluding hydrogens is 519 g/mol. The minimum absolute atomic E-state index is 0.0479. The maximum atomic E-state index is 13.4. The van der Waals surface area contributed by atoms with Crippen LogP contribution in [-0.4, -0.2) is 78.6 Å². The molecule has 2 aromatic carbocycles. The first-order valence-electron chi connectivity index (χ1n) is 12.0. The number of aliphatic hydroxyl groups is 1. The van der Waals surface area contributed by atoms with Gasteiger partial charge in [-0.2, -0.15) is 0 Å². The van der Waals surface area contributed by atoms with E-state index in [1.54, 1.807) is 19.1 Å². The largest absolute Gasteiger partial charge is 0.491 e. The summed E-state index contributed by atoms with van der Waals surface area (Å²) in [6, 6.07) is 7.17. The Balaban J connectivity index is 1.80. The summed E-state index contributed by atoms with van der Waals surface area (Å²) in [4.78, 5) is 52.4. The topological polar surface area (TPSA) is 137 Å². The van der Waals surface area contributed by atoms with Gasteiger partial charge >= 0.3 is 0 Å². The van der Waals surface area contributed by atoms with Gasteiger partial charge in [0.15, 0.2) is 0 Å². The van der Waals surface area contributed by atoms with Crippen molar-refractivity contribution in [3.63, 3.8) is 0 Å². The number of hydrogen-bond acceptors (Lipinski definition) is 6. The van der Waals surface area contributed by atoms with Gasteiger partial charge in [0.05, 0.1) is 25.6 Å². The second kappa shape index (κ2) is 13.2. The van der Waals surface area contributed by atoms with Crippen LogP contribution in [0.4, 0.5) is 4.39 Å². The summed E-state index contributed by atoms with van der Waals surface area (Å²) in [5.41, 5.74) is 1.37. The zero-order chi connectivity index (χ0) is 27.8. The van der Waals surface area contributed by atoms with Crippen LogP contribution in [0.3, 0.4) is 0 Å². The number of fused-ring (bicyclic) bond motifs is 2. The van der Waals surface area contributed by atoms with E-state index in [4.69, 9.17) is 16.3 Å². The van der Waals surface area contributed by atoms with Crippen molar-refractivity contribution >= 4 is 35.2 Å². The summed E-state index contributed by atoms with van der Waals surface area (Å²) in [6.07, 6.45) is -1.41. The molecule has 1 heterocycles. The summed E-state index contributed by atoms with van der Waals surface area (Å²) in [5.74, 6) is -2.29. The molecule has 0 saturated heterocycles. The third-order valence-corrected chi connectivity index (χ3v) is 6.26. The number of rotatable bonds is 3. The summed E-state index contributed by atoms with van der Waals surface area (Å²) >= 11 is 6.06. The number of aryl methyl sites for hydroxylation is 1. The van der Waals surface area contributed by atoms with E-state index in [0.29, 0.717) is 11.3 Å². The molecule has 0 saturated carbocycles. The molecule has 3 rings (SSSR count). The van der Waals surface area contributed by atoms with E-state index in [9.17, 15) is 28.7 Å². The van der Waals surface area contributed by atoms with Crippen molar-refractivity contribution in [1.29, 1.82) is 0 Å². The van der Waals surface area contributed by atoms with Crippen LogP contribution in [0.2, 0.25) is 5.02 Å². The Morgan fingerprint density at radius 1 is 1.18 bits per heavy atom. The molecule has 1 aliphatic heterocycles. The van der Waals surface area contributed by atoms with Crippen LogP contribution < -0.4 is 20.7 Å². The molecule has 2 atom stereocenters. The molecule has 0 aromatic heterocycles. The molecule has 1 aliphatic rings. The lowest BCUT2D eigenvalue weighted by Gasteiger charge is -2.24. The highest BCUT2D eigenvalue weighted by Crippen LogP contribution is 2.20. The molecule has 4 amide bonds. The third kappa shape index (κ3) is 7.90. The zero-order valence-corrected chi connectivity index (χ0v) is 21.8. The molecule has 2 bridgehead atoms. The molecule has 0 spiro atoms. The van der Waals surface area contributed by atoms with Gasteiger partial charge in [-0.15, -0.1) is 0 Å². The van der Waals surface area contributed by atoms with Crippen LogP contribution in [0, 0.1) is 12.7 Å². The average Bonchev–Trinajstić information content (AvgIpc) is 2.86. The number of carbonyl (C=O) groups excluding carboxylic acids is 4. The number of amides is 4. The van der Waals surface area contributed by atoms with Crippen molar-refractivity contribution in [1.82, 2.24) is 20.9 Å². The molecule has 38 heavy (non-hydrogen) atoms. The van der Waals surface area contributed by atoms with Crippen molar-refractivity contribution in [2.75, 3.05) is 32.8 Å². The van der Waals surface area contributed by atoms with Gasteiger partial charge in [0.1, 0.15) is 24.2 Å². The second-order valence-corrected chi connectivity index (χ2v) is 9.30. The van der Waals surface area contributed by atoms with Gasteiger partial charge in [-0.25, -0.2) is 4.39 Å². The number of nitrogens with one attached hydrogen (secondary N) is 3. The number of nitrogens with zero attached hydrogens (tertiary/aromatic N) is 1. The van der Waals surface area contributed by atoms with E-state index >= 15 is 0 Å². The van der Waals surface area contributed by atoms with E-state index in [0.717, 1.165) is 11.6 Å². The Morgan fingerprint density at radius 2 is 1.95 bits per heavy atom. The second-order valence-electron chi connectivity index (χ2n) is 8.89. The fourth-order valence-electron chi connectivity index (χ4n) is 3.76. The van der Waals surface area contributed by atoms with Crippen molar-refractivity contribution in [2.24, 2.45) is 0 Å². The molecule has 0 unspecified atom stereocenters. The van der Waals surface area contributed by atoms with Gasteiger partial charge < -0.3 is 30.7 Å². The van der Waals surface area contributed by atoms with E-state index in [2.05, 4.69) is 16.0 Å². The molecule has 12 heteroatoms. The quantitative estimate of drug-likeness (QED) is 0.451. The van der Waals surface area contributed by atoms with Crippen LogP contribution in [0.5, 0.6) is 5.75 Å². The highest BCUT2D eigenvalue weighted by molar-refractivity contribution is 6.31. The first kappa shape index (κ1) is 28.9. The third-order valence-electron chi connectivity index (χ3n) is 5.91. The molecule has 10 nitrogen and oxygen atoms in total. The molecule has 2 aromatic rings. The summed E-state index contributed by atoms with van der Waals surface area (Å²) in [5, 5.41) is 18.0. The van der Waals surface area contributed by atoms with Gasteiger partial charge in [0.25, 0.3) is 5.91 Å². The van der Waals surface area contributed by atoms with Gasteiger partial charge in [-0.1, -0.05) is 23.7 Å². The monoisotopic (exact) mass is 548 g/mol. The zero-order valence-electron chi connectivity index (χ0n) is 21.1. The van der Waals surface area contributed by atoms with Gasteiger partial charge in [0, 0.05) is 23.7 Å². The lowest BCUT2D eigenvalue weighted by molar-refractivity contribution is -0.135. The first-order chi connectivity index (χ1) is 18.0. The SMILES string of the molecule is Cc1ccc2cc1OCCNC(=O)CN(C(=O)Cc1ccc(F)cc1Cl)CCNC(=O)[C@H]([C@@H](C)O)NC2=O. The van der Waals surface area contributed by atoms with Crippen molar-refractivity contribution in [3.8, 4) is 5.75 Å². The van der Waals surface area contributed by atoms with E-state index in [1.807, 2.05) is 0 Å². The molecule has 0 aliphatic carbocycles. The van der Waals surface area contributed by atoms with Crippen LogP contribution in [0.15, 0.2) is 36.4 Å². The summed E-state index contributed by atoms with van der Waals surface area (Å²) in [7, 11) is 0. The molecule has 0 radical (unpaired) electrons. The predicted molar refractivity (Wildman–Crippen MR) is 137 cm³/mol. The number of benzene rings is 2. The maximum Gasteiger partial charge on any atom is 0.252 e.